The van der Waals surface area contributed by atoms with E-state index in [0.717, 1.165) is 25.3 Å². The Morgan fingerprint density at radius 3 is 3.05 bits per heavy atom. The average molecular weight is 274 g/mol. The largest absolute Gasteiger partial charge is 0.487 e. The second-order valence-corrected chi connectivity index (χ2v) is 6.49. The molecule has 0 spiro atoms. The minimum absolute atomic E-state index is 0.0733. The van der Waals surface area contributed by atoms with E-state index in [1.165, 1.54) is 16.0 Å². The highest BCUT2D eigenvalue weighted by Crippen LogP contribution is 2.37. The van der Waals surface area contributed by atoms with Crippen LogP contribution in [0.2, 0.25) is 0 Å². The standard InChI is InChI=1S/C15H18N2OS/c1-15(2)6-11-4-3-5-12(14(11)18-15)7-16-8-13-9-17-10-19-13/h3-5,9-10,16H,6-8H2,1-2H3. The van der Waals surface area contributed by atoms with Crippen LogP contribution in [0.1, 0.15) is 29.9 Å². The van der Waals surface area contributed by atoms with Crippen LogP contribution in [0.5, 0.6) is 5.75 Å². The van der Waals surface area contributed by atoms with Crippen LogP contribution in [-0.4, -0.2) is 10.6 Å². The van der Waals surface area contributed by atoms with Gasteiger partial charge in [0.25, 0.3) is 0 Å². The lowest BCUT2D eigenvalue weighted by molar-refractivity contribution is 0.137. The molecule has 2 aromatic rings. The van der Waals surface area contributed by atoms with Gasteiger partial charge in [0, 0.05) is 36.1 Å². The van der Waals surface area contributed by atoms with E-state index in [2.05, 4.69) is 42.3 Å². The molecule has 0 bridgehead atoms. The number of aromatic nitrogens is 1. The van der Waals surface area contributed by atoms with E-state index >= 15 is 0 Å². The van der Waals surface area contributed by atoms with Gasteiger partial charge in [0.05, 0.1) is 5.51 Å². The molecule has 4 heteroatoms. The Morgan fingerprint density at radius 1 is 1.37 bits per heavy atom. The Kier molecular flexibility index (Phi) is 3.29. The molecule has 0 atom stereocenters. The first-order chi connectivity index (χ1) is 9.14. The predicted molar refractivity (Wildman–Crippen MR) is 77.5 cm³/mol. The quantitative estimate of drug-likeness (QED) is 0.930. The van der Waals surface area contributed by atoms with Crippen molar-refractivity contribution in [1.82, 2.24) is 10.3 Å². The van der Waals surface area contributed by atoms with E-state index in [0.29, 0.717) is 0 Å². The highest BCUT2D eigenvalue weighted by atomic mass is 32.1. The van der Waals surface area contributed by atoms with E-state index in [9.17, 15) is 0 Å². The summed E-state index contributed by atoms with van der Waals surface area (Å²) in [5.41, 5.74) is 4.36. The third kappa shape index (κ3) is 2.80. The van der Waals surface area contributed by atoms with Gasteiger partial charge < -0.3 is 10.1 Å². The van der Waals surface area contributed by atoms with Crippen molar-refractivity contribution in [3.63, 3.8) is 0 Å². The van der Waals surface area contributed by atoms with Gasteiger partial charge in [0.15, 0.2) is 0 Å². The van der Waals surface area contributed by atoms with E-state index in [1.54, 1.807) is 11.3 Å². The molecule has 1 aliphatic heterocycles. The second-order valence-electron chi connectivity index (χ2n) is 5.52. The number of nitrogens with zero attached hydrogens (tertiary/aromatic N) is 1. The highest BCUT2D eigenvalue weighted by Gasteiger charge is 2.31. The molecule has 3 nitrogen and oxygen atoms in total. The molecule has 0 saturated carbocycles. The summed E-state index contributed by atoms with van der Waals surface area (Å²) >= 11 is 1.68. The van der Waals surface area contributed by atoms with Crippen molar-refractivity contribution in [2.45, 2.75) is 39.0 Å². The number of fused-ring (bicyclic) bond motifs is 1. The topological polar surface area (TPSA) is 34.2 Å². The first-order valence-corrected chi connectivity index (χ1v) is 7.40. The summed E-state index contributed by atoms with van der Waals surface area (Å²) in [6, 6.07) is 6.42. The van der Waals surface area contributed by atoms with Gasteiger partial charge in [-0.25, -0.2) is 0 Å². The lowest BCUT2D eigenvalue weighted by Gasteiger charge is -2.18. The molecule has 19 heavy (non-hydrogen) atoms. The molecule has 1 aromatic carbocycles. The molecule has 0 unspecified atom stereocenters. The molecule has 0 amide bonds. The normalized spacial score (nSPS) is 16.1. The highest BCUT2D eigenvalue weighted by molar-refractivity contribution is 7.09. The van der Waals surface area contributed by atoms with Gasteiger partial charge in [0.2, 0.25) is 0 Å². The Hall–Kier alpha value is -1.39. The summed E-state index contributed by atoms with van der Waals surface area (Å²) in [6.45, 7) is 5.97. The lowest BCUT2D eigenvalue weighted by Crippen LogP contribution is -2.25. The van der Waals surface area contributed by atoms with Crippen molar-refractivity contribution in [2.75, 3.05) is 0 Å². The fraction of sp³-hybridized carbons (Fsp3) is 0.400. The van der Waals surface area contributed by atoms with E-state index in [1.807, 2.05) is 11.7 Å². The minimum atomic E-state index is -0.0733. The molecule has 0 aliphatic carbocycles. The van der Waals surface area contributed by atoms with Crippen molar-refractivity contribution in [1.29, 1.82) is 0 Å². The zero-order chi connectivity index (χ0) is 13.3. The van der Waals surface area contributed by atoms with Gasteiger partial charge in [-0.15, -0.1) is 11.3 Å². The summed E-state index contributed by atoms with van der Waals surface area (Å²) in [6.07, 6.45) is 2.90. The Bertz CT molecular complexity index is 564. The van der Waals surface area contributed by atoms with Crippen molar-refractivity contribution in [3.8, 4) is 5.75 Å². The Balaban J connectivity index is 1.68. The first-order valence-electron chi connectivity index (χ1n) is 6.52. The minimum Gasteiger partial charge on any atom is -0.487 e. The van der Waals surface area contributed by atoms with Crippen LogP contribution in [0.3, 0.4) is 0 Å². The average Bonchev–Trinajstić information content (AvgIpc) is 2.95. The number of ether oxygens (including phenoxy) is 1. The molecule has 0 radical (unpaired) electrons. The summed E-state index contributed by atoms with van der Waals surface area (Å²) in [5.74, 6) is 1.07. The van der Waals surface area contributed by atoms with Crippen LogP contribution in [0.4, 0.5) is 0 Å². The molecule has 2 heterocycles. The first kappa shape index (κ1) is 12.6. The van der Waals surface area contributed by atoms with E-state index in [-0.39, 0.29) is 5.60 Å². The number of hydrogen-bond donors (Lipinski definition) is 1. The SMILES string of the molecule is CC1(C)Cc2cccc(CNCc3cncs3)c2O1. The number of thiazole rings is 1. The fourth-order valence-electron chi connectivity index (χ4n) is 2.47. The maximum Gasteiger partial charge on any atom is 0.127 e. The van der Waals surface area contributed by atoms with Gasteiger partial charge >= 0.3 is 0 Å². The smallest absolute Gasteiger partial charge is 0.127 e. The lowest BCUT2D eigenvalue weighted by atomic mass is 10.0. The maximum atomic E-state index is 6.06. The van der Waals surface area contributed by atoms with Gasteiger partial charge in [0.1, 0.15) is 11.4 Å². The summed E-state index contributed by atoms with van der Waals surface area (Å²) < 4.78 is 6.06. The molecule has 0 fully saturated rings. The second kappa shape index (κ2) is 4.94. The molecular formula is C15H18N2OS. The molecule has 0 saturated heterocycles. The number of para-hydroxylation sites is 1. The van der Waals surface area contributed by atoms with Gasteiger partial charge in [-0.05, 0) is 19.4 Å². The Morgan fingerprint density at radius 2 is 2.26 bits per heavy atom. The molecule has 3 rings (SSSR count). The maximum absolute atomic E-state index is 6.06. The van der Waals surface area contributed by atoms with Crippen LogP contribution in [0.25, 0.3) is 0 Å². The van der Waals surface area contributed by atoms with Crippen LogP contribution < -0.4 is 10.1 Å². The van der Waals surface area contributed by atoms with Gasteiger partial charge in [-0.2, -0.15) is 0 Å². The van der Waals surface area contributed by atoms with Crippen molar-refractivity contribution < 1.29 is 4.74 Å². The molecular weight excluding hydrogens is 256 g/mol. The van der Waals surface area contributed by atoms with Crippen molar-refractivity contribution >= 4 is 11.3 Å². The van der Waals surface area contributed by atoms with Crippen LogP contribution in [0.15, 0.2) is 29.9 Å². The van der Waals surface area contributed by atoms with E-state index in [4.69, 9.17) is 4.74 Å². The molecule has 1 aliphatic rings. The molecule has 1 N–H and O–H groups in total. The summed E-state index contributed by atoms with van der Waals surface area (Å²) in [4.78, 5) is 5.34. The van der Waals surface area contributed by atoms with Gasteiger partial charge in [-0.1, -0.05) is 18.2 Å². The summed E-state index contributed by atoms with van der Waals surface area (Å²) in [7, 11) is 0. The molecule has 100 valence electrons. The number of nitrogens with one attached hydrogen (secondary N) is 1. The molecule has 1 aromatic heterocycles. The van der Waals surface area contributed by atoms with Crippen molar-refractivity contribution in [2.24, 2.45) is 0 Å². The van der Waals surface area contributed by atoms with Crippen LogP contribution in [0, 0.1) is 0 Å². The number of rotatable bonds is 4. The van der Waals surface area contributed by atoms with Crippen molar-refractivity contribution in [3.05, 3.63) is 45.9 Å². The van der Waals surface area contributed by atoms with Gasteiger partial charge in [-0.3, -0.25) is 4.98 Å². The fourth-order valence-corrected chi connectivity index (χ4v) is 3.03. The summed E-state index contributed by atoms with van der Waals surface area (Å²) in [5, 5.41) is 3.45. The number of benzene rings is 1. The van der Waals surface area contributed by atoms with Crippen LogP contribution >= 0.6 is 11.3 Å². The number of hydrogen-bond acceptors (Lipinski definition) is 4. The zero-order valence-electron chi connectivity index (χ0n) is 11.3. The van der Waals surface area contributed by atoms with E-state index < -0.39 is 0 Å². The zero-order valence-corrected chi connectivity index (χ0v) is 12.1. The Labute approximate surface area is 117 Å². The third-order valence-electron chi connectivity index (χ3n) is 3.27. The monoisotopic (exact) mass is 274 g/mol. The van der Waals surface area contributed by atoms with Crippen LogP contribution in [-0.2, 0) is 19.5 Å². The third-order valence-corrected chi connectivity index (χ3v) is 4.05. The predicted octanol–water partition coefficient (Wildman–Crippen LogP) is 3.15.